The van der Waals surface area contributed by atoms with Crippen LogP contribution in [0.3, 0.4) is 0 Å². The first kappa shape index (κ1) is 15.0. The maximum atomic E-state index is 3.67. The molecule has 2 unspecified atom stereocenters. The highest BCUT2D eigenvalue weighted by Crippen LogP contribution is 2.16. The summed E-state index contributed by atoms with van der Waals surface area (Å²) in [5.41, 5.74) is 1.38. The second kappa shape index (κ2) is 8.09. The average molecular weight is 345 g/mol. The normalized spacial score (nSPS) is 14.6. The molecule has 96 valence electrons. The van der Waals surface area contributed by atoms with E-state index in [2.05, 4.69) is 72.9 Å². The molecule has 2 heteroatoms. The highest BCUT2D eigenvalue weighted by Gasteiger charge is 2.08. The molecule has 1 aromatic carbocycles. The van der Waals surface area contributed by atoms with Gasteiger partial charge >= 0.3 is 0 Å². The predicted molar refractivity (Wildman–Crippen MR) is 84.3 cm³/mol. The topological polar surface area (TPSA) is 12.0 Å². The van der Waals surface area contributed by atoms with Crippen LogP contribution in [0.2, 0.25) is 0 Å². The van der Waals surface area contributed by atoms with Crippen LogP contribution in [0.5, 0.6) is 0 Å². The molecule has 0 bridgehead atoms. The Morgan fingerprint density at radius 2 is 1.76 bits per heavy atom. The minimum absolute atomic E-state index is 0.448. The van der Waals surface area contributed by atoms with Crippen molar-refractivity contribution in [1.29, 1.82) is 0 Å². The number of halogens is 1. The van der Waals surface area contributed by atoms with Gasteiger partial charge in [-0.1, -0.05) is 38.3 Å². The number of hydrogen-bond donors (Lipinski definition) is 1. The van der Waals surface area contributed by atoms with E-state index in [9.17, 15) is 0 Å². The Morgan fingerprint density at radius 1 is 1.12 bits per heavy atom. The van der Waals surface area contributed by atoms with E-state index in [1.165, 1.54) is 34.8 Å². The molecular weight excluding hydrogens is 321 g/mol. The van der Waals surface area contributed by atoms with Crippen LogP contribution in [0, 0.1) is 3.57 Å². The van der Waals surface area contributed by atoms with Crippen LogP contribution in [0.4, 0.5) is 0 Å². The van der Waals surface area contributed by atoms with Gasteiger partial charge in [-0.3, -0.25) is 0 Å². The molecule has 1 aromatic rings. The van der Waals surface area contributed by atoms with Crippen molar-refractivity contribution in [3.63, 3.8) is 0 Å². The monoisotopic (exact) mass is 345 g/mol. The third-order valence-corrected chi connectivity index (χ3v) is 3.86. The third kappa shape index (κ3) is 5.87. The summed E-state index contributed by atoms with van der Waals surface area (Å²) in [6.45, 7) is 6.80. The van der Waals surface area contributed by atoms with E-state index in [1.54, 1.807) is 0 Å². The summed E-state index contributed by atoms with van der Waals surface area (Å²) < 4.78 is 1.30. The first-order valence-electron chi connectivity index (χ1n) is 6.65. The lowest BCUT2D eigenvalue weighted by atomic mass is 10.1. The van der Waals surface area contributed by atoms with Gasteiger partial charge < -0.3 is 5.32 Å². The Bertz CT molecular complexity index is 307. The van der Waals surface area contributed by atoms with Gasteiger partial charge in [0.1, 0.15) is 0 Å². The van der Waals surface area contributed by atoms with Gasteiger partial charge in [0.25, 0.3) is 0 Å². The number of benzene rings is 1. The molecule has 0 aromatic heterocycles. The van der Waals surface area contributed by atoms with Gasteiger partial charge in [0.05, 0.1) is 0 Å². The molecule has 0 saturated heterocycles. The minimum atomic E-state index is 0.448. The van der Waals surface area contributed by atoms with Crippen molar-refractivity contribution in [3.05, 3.63) is 33.4 Å². The van der Waals surface area contributed by atoms with Crippen molar-refractivity contribution < 1.29 is 0 Å². The van der Waals surface area contributed by atoms with E-state index in [1.807, 2.05) is 0 Å². The highest BCUT2D eigenvalue weighted by molar-refractivity contribution is 14.1. The quantitative estimate of drug-likeness (QED) is 0.547. The SMILES string of the molecule is CCCCCC(C)NC(C)c1ccc(I)cc1. The fourth-order valence-electron chi connectivity index (χ4n) is 2.06. The van der Waals surface area contributed by atoms with Crippen molar-refractivity contribution in [2.24, 2.45) is 0 Å². The lowest BCUT2D eigenvalue weighted by Crippen LogP contribution is -2.28. The van der Waals surface area contributed by atoms with E-state index in [4.69, 9.17) is 0 Å². The molecular formula is C15H24IN. The summed E-state index contributed by atoms with van der Waals surface area (Å²) in [5.74, 6) is 0. The highest BCUT2D eigenvalue weighted by atomic mass is 127. The van der Waals surface area contributed by atoms with Gasteiger partial charge in [-0.2, -0.15) is 0 Å². The Balaban J connectivity index is 2.37. The Kier molecular flexibility index (Phi) is 7.12. The van der Waals surface area contributed by atoms with Gasteiger partial charge in [-0.15, -0.1) is 0 Å². The molecule has 1 nitrogen and oxygen atoms in total. The number of rotatable bonds is 7. The van der Waals surface area contributed by atoms with Crippen LogP contribution < -0.4 is 5.32 Å². The van der Waals surface area contributed by atoms with E-state index in [0.717, 1.165) is 0 Å². The third-order valence-electron chi connectivity index (χ3n) is 3.15. The molecule has 0 spiro atoms. The number of hydrogen-bond acceptors (Lipinski definition) is 1. The molecule has 17 heavy (non-hydrogen) atoms. The second-order valence-corrected chi connectivity index (χ2v) is 6.08. The summed E-state index contributed by atoms with van der Waals surface area (Å²) in [4.78, 5) is 0. The van der Waals surface area contributed by atoms with Gasteiger partial charge in [0, 0.05) is 15.7 Å². The molecule has 0 fully saturated rings. The van der Waals surface area contributed by atoms with Crippen molar-refractivity contribution in [2.75, 3.05) is 0 Å². The van der Waals surface area contributed by atoms with Crippen LogP contribution in [0.25, 0.3) is 0 Å². The zero-order valence-electron chi connectivity index (χ0n) is 11.2. The standard InChI is InChI=1S/C15H24IN/c1-4-5-6-7-12(2)17-13(3)14-8-10-15(16)11-9-14/h8-13,17H,4-7H2,1-3H3. The maximum absolute atomic E-state index is 3.67. The lowest BCUT2D eigenvalue weighted by molar-refractivity contribution is 0.440. The van der Waals surface area contributed by atoms with Gasteiger partial charge in [0.15, 0.2) is 0 Å². The summed E-state index contributed by atoms with van der Waals surface area (Å²) in [7, 11) is 0. The summed E-state index contributed by atoms with van der Waals surface area (Å²) >= 11 is 2.35. The molecule has 2 atom stereocenters. The average Bonchev–Trinajstić information content (AvgIpc) is 2.30. The van der Waals surface area contributed by atoms with E-state index >= 15 is 0 Å². The molecule has 0 aliphatic rings. The summed E-state index contributed by atoms with van der Waals surface area (Å²) in [6.07, 6.45) is 5.27. The van der Waals surface area contributed by atoms with Crippen LogP contribution >= 0.6 is 22.6 Å². The second-order valence-electron chi connectivity index (χ2n) is 4.84. The van der Waals surface area contributed by atoms with Crippen molar-refractivity contribution in [2.45, 2.75) is 58.5 Å². The molecule has 1 N–H and O–H groups in total. The Hall–Kier alpha value is -0.0900. The van der Waals surface area contributed by atoms with E-state index in [-0.39, 0.29) is 0 Å². The zero-order chi connectivity index (χ0) is 12.7. The zero-order valence-corrected chi connectivity index (χ0v) is 13.3. The van der Waals surface area contributed by atoms with Crippen molar-refractivity contribution >= 4 is 22.6 Å². The predicted octanol–water partition coefficient (Wildman–Crippen LogP) is 4.91. The van der Waals surface area contributed by atoms with E-state index < -0.39 is 0 Å². The summed E-state index contributed by atoms with van der Waals surface area (Å²) in [6, 6.07) is 9.85. The molecule has 0 aliphatic heterocycles. The first-order chi connectivity index (χ1) is 8.13. The lowest BCUT2D eigenvalue weighted by Gasteiger charge is -2.20. The van der Waals surface area contributed by atoms with Gasteiger partial charge in [-0.25, -0.2) is 0 Å². The molecule has 0 amide bonds. The largest absolute Gasteiger partial charge is 0.308 e. The smallest absolute Gasteiger partial charge is 0.0294 e. The fraction of sp³-hybridized carbons (Fsp3) is 0.600. The Morgan fingerprint density at radius 3 is 2.35 bits per heavy atom. The summed E-state index contributed by atoms with van der Waals surface area (Å²) in [5, 5.41) is 3.67. The van der Waals surface area contributed by atoms with Crippen LogP contribution in [0.1, 0.15) is 58.1 Å². The van der Waals surface area contributed by atoms with Crippen molar-refractivity contribution in [1.82, 2.24) is 5.32 Å². The number of nitrogens with one attached hydrogen (secondary N) is 1. The molecule has 0 aliphatic carbocycles. The maximum Gasteiger partial charge on any atom is 0.0294 e. The fourth-order valence-corrected chi connectivity index (χ4v) is 2.42. The molecule has 0 saturated carbocycles. The minimum Gasteiger partial charge on any atom is -0.308 e. The first-order valence-corrected chi connectivity index (χ1v) is 7.73. The van der Waals surface area contributed by atoms with Crippen LogP contribution in [-0.2, 0) is 0 Å². The van der Waals surface area contributed by atoms with Crippen LogP contribution in [-0.4, -0.2) is 6.04 Å². The van der Waals surface area contributed by atoms with Gasteiger partial charge in [-0.05, 0) is 60.6 Å². The van der Waals surface area contributed by atoms with E-state index in [0.29, 0.717) is 12.1 Å². The number of unbranched alkanes of at least 4 members (excludes halogenated alkanes) is 2. The van der Waals surface area contributed by atoms with Crippen LogP contribution in [0.15, 0.2) is 24.3 Å². The molecule has 0 heterocycles. The molecule has 1 rings (SSSR count). The Labute approximate surface area is 120 Å². The van der Waals surface area contributed by atoms with Gasteiger partial charge in [0.2, 0.25) is 0 Å². The molecule has 0 radical (unpaired) electrons. The van der Waals surface area contributed by atoms with Crippen molar-refractivity contribution in [3.8, 4) is 0 Å².